The molecule has 19 heavy (non-hydrogen) atoms. The van der Waals surface area contributed by atoms with Gasteiger partial charge in [0.05, 0.1) is 18.2 Å². The SMILES string of the molecule is CC(C)(C)OC(=O)N1CCCC1(C)C1CNCCO1. The molecule has 110 valence electrons. The Hall–Kier alpha value is -0.810. The van der Waals surface area contributed by atoms with Gasteiger partial charge in [0.25, 0.3) is 0 Å². The highest BCUT2D eigenvalue weighted by Gasteiger charge is 2.48. The summed E-state index contributed by atoms with van der Waals surface area (Å²) >= 11 is 0. The van der Waals surface area contributed by atoms with E-state index in [-0.39, 0.29) is 17.7 Å². The van der Waals surface area contributed by atoms with E-state index in [1.807, 2.05) is 25.7 Å². The number of rotatable bonds is 1. The maximum absolute atomic E-state index is 12.3. The number of morpholine rings is 1. The van der Waals surface area contributed by atoms with Crippen molar-refractivity contribution in [2.24, 2.45) is 0 Å². The summed E-state index contributed by atoms with van der Waals surface area (Å²) in [5, 5.41) is 3.34. The minimum absolute atomic E-state index is 0.0521. The third-order valence-electron chi connectivity index (χ3n) is 3.92. The fourth-order valence-electron chi connectivity index (χ4n) is 2.90. The van der Waals surface area contributed by atoms with Crippen LogP contribution in [-0.2, 0) is 9.47 Å². The molecule has 2 atom stereocenters. The first kappa shape index (κ1) is 14.6. The highest BCUT2D eigenvalue weighted by molar-refractivity contribution is 5.69. The fourth-order valence-corrected chi connectivity index (χ4v) is 2.90. The van der Waals surface area contributed by atoms with E-state index in [4.69, 9.17) is 9.47 Å². The topological polar surface area (TPSA) is 50.8 Å². The van der Waals surface area contributed by atoms with Gasteiger partial charge in [-0.2, -0.15) is 0 Å². The first-order chi connectivity index (χ1) is 8.83. The van der Waals surface area contributed by atoms with Crippen LogP contribution < -0.4 is 5.32 Å². The molecule has 0 aliphatic carbocycles. The second-order valence-electron chi connectivity index (χ2n) is 6.66. The molecular weight excluding hydrogens is 244 g/mol. The van der Waals surface area contributed by atoms with Crippen LogP contribution in [-0.4, -0.2) is 54.5 Å². The number of likely N-dealkylation sites (tertiary alicyclic amines) is 1. The number of nitrogens with zero attached hydrogens (tertiary/aromatic N) is 1. The third kappa shape index (κ3) is 3.20. The summed E-state index contributed by atoms with van der Waals surface area (Å²) < 4.78 is 11.4. The van der Waals surface area contributed by atoms with Crippen molar-refractivity contribution in [2.75, 3.05) is 26.2 Å². The van der Waals surface area contributed by atoms with Gasteiger partial charge in [0.15, 0.2) is 0 Å². The molecule has 2 heterocycles. The van der Waals surface area contributed by atoms with Crippen LogP contribution in [0.15, 0.2) is 0 Å². The van der Waals surface area contributed by atoms with Crippen LogP contribution in [0.25, 0.3) is 0 Å². The molecule has 0 spiro atoms. The number of hydrogen-bond acceptors (Lipinski definition) is 4. The molecule has 2 saturated heterocycles. The Bertz CT molecular complexity index is 334. The van der Waals surface area contributed by atoms with Crippen molar-refractivity contribution in [3.63, 3.8) is 0 Å². The van der Waals surface area contributed by atoms with Gasteiger partial charge in [0.1, 0.15) is 5.60 Å². The average molecular weight is 270 g/mol. The number of nitrogens with one attached hydrogen (secondary N) is 1. The van der Waals surface area contributed by atoms with Gasteiger partial charge in [0.2, 0.25) is 0 Å². The predicted molar refractivity (Wildman–Crippen MR) is 73.2 cm³/mol. The number of carbonyl (C=O) groups excluding carboxylic acids is 1. The van der Waals surface area contributed by atoms with Crippen molar-refractivity contribution in [3.8, 4) is 0 Å². The molecule has 2 unspecified atom stereocenters. The molecule has 2 aliphatic heterocycles. The van der Waals surface area contributed by atoms with Gasteiger partial charge >= 0.3 is 6.09 Å². The lowest BCUT2D eigenvalue weighted by atomic mass is 9.91. The lowest BCUT2D eigenvalue weighted by Gasteiger charge is -2.43. The lowest BCUT2D eigenvalue weighted by Crippen LogP contribution is -2.59. The van der Waals surface area contributed by atoms with Gasteiger partial charge < -0.3 is 19.7 Å². The molecule has 0 bridgehead atoms. The van der Waals surface area contributed by atoms with Crippen LogP contribution >= 0.6 is 0 Å². The molecule has 0 radical (unpaired) electrons. The zero-order valence-electron chi connectivity index (χ0n) is 12.5. The molecule has 5 nitrogen and oxygen atoms in total. The second kappa shape index (κ2) is 5.29. The van der Waals surface area contributed by atoms with E-state index in [0.29, 0.717) is 6.61 Å². The largest absolute Gasteiger partial charge is 0.444 e. The van der Waals surface area contributed by atoms with Crippen molar-refractivity contribution in [2.45, 2.75) is 57.8 Å². The van der Waals surface area contributed by atoms with Crippen molar-refractivity contribution in [1.29, 1.82) is 0 Å². The molecule has 0 aromatic carbocycles. The molecule has 2 fully saturated rings. The van der Waals surface area contributed by atoms with E-state index in [9.17, 15) is 4.79 Å². The van der Waals surface area contributed by atoms with Crippen LogP contribution in [0.2, 0.25) is 0 Å². The van der Waals surface area contributed by atoms with E-state index >= 15 is 0 Å². The summed E-state index contributed by atoms with van der Waals surface area (Å²) in [5.41, 5.74) is -0.706. The van der Waals surface area contributed by atoms with E-state index < -0.39 is 5.60 Å². The Morgan fingerprint density at radius 3 is 2.79 bits per heavy atom. The van der Waals surface area contributed by atoms with Crippen LogP contribution in [0.1, 0.15) is 40.5 Å². The van der Waals surface area contributed by atoms with E-state index in [2.05, 4.69) is 12.2 Å². The summed E-state index contributed by atoms with van der Waals surface area (Å²) in [4.78, 5) is 14.2. The minimum Gasteiger partial charge on any atom is -0.444 e. The Morgan fingerprint density at radius 1 is 1.47 bits per heavy atom. The molecule has 2 rings (SSSR count). The molecule has 2 aliphatic rings. The quantitative estimate of drug-likeness (QED) is 0.789. The number of amides is 1. The van der Waals surface area contributed by atoms with Gasteiger partial charge in [-0.05, 0) is 40.5 Å². The monoisotopic (exact) mass is 270 g/mol. The number of ether oxygens (including phenoxy) is 2. The maximum Gasteiger partial charge on any atom is 0.410 e. The summed E-state index contributed by atoms with van der Waals surface area (Å²) in [6.45, 7) is 11.0. The summed E-state index contributed by atoms with van der Waals surface area (Å²) in [5.74, 6) is 0. The van der Waals surface area contributed by atoms with Crippen molar-refractivity contribution in [1.82, 2.24) is 10.2 Å². The Kier molecular flexibility index (Phi) is 4.06. The normalized spacial score (nSPS) is 32.4. The molecule has 5 heteroatoms. The van der Waals surface area contributed by atoms with Crippen LogP contribution in [0, 0.1) is 0 Å². The predicted octanol–water partition coefficient (Wildman–Crippen LogP) is 1.76. The van der Waals surface area contributed by atoms with E-state index in [1.54, 1.807) is 0 Å². The highest BCUT2D eigenvalue weighted by Crippen LogP contribution is 2.35. The first-order valence-corrected chi connectivity index (χ1v) is 7.16. The average Bonchev–Trinajstić information content (AvgIpc) is 2.72. The maximum atomic E-state index is 12.3. The van der Waals surface area contributed by atoms with Crippen molar-refractivity contribution in [3.05, 3.63) is 0 Å². The fraction of sp³-hybridized carbons (Fsp3) is 0.929. The molecule has 1 N–H and O–H groups in total. The van der Waals surface area contributed by atoms with Gasteiger partial charge in [-0.25, -0.2) is 4.79 Å². The van der Waals surface area contributed by atoms with Gasteiger partial charge in [0, 0.05) is 19.6 Å². The zero-order chi connectivity index (χ0) is 14.1. The van der Waals surface area contributed by atoms with Gasteiger partial charge in [-0.1, -0.05) is 0 Å². The Labute approximate surface area is 115 Å². The number of hydrogen-bond donors (Lipinski definition) is 1. The van der Waals surface area contributed by atoms with Crippen molar-refractivity contribution >= 4 is 6.09 Å². The Balaban J connectivity index is 2.08. The highest BCUT2D eigenvalue weighted by atomic mass is 16.6. The van der Waals surface area contributed by atoms with Gasteiger partial charge in [-0.15, -0.1) is 0 Å². The minimum atomic E-state index is -0.452. The molecule has 1 amide bonds. The molecule has 0 aromatic heterocycles. The van der Waals surface area contributed by atoms with Crippen LogP contribution in [0.4, 0.5) is 4.79 Å². The van der Waals surface area contributed by atoms with Gasteiger partial charge in [-0.3, -0.25) is 0 Å². The molecule has 0 aromatic rings. The summed E-state index contributed by atoms with van der Waals surface area (Å²) in [6, 6.07) is 0. The van der Waals surface area contributed by atoms with Crippen LogP contribution in [0.3, 0.4) is 0 Å². The summed E-state index contributed by atoms with van der Waals surface area (Å²) in [6.07, 6.45) is 1.81. The van der Waals surface area contributed by atoms with E-state index in [0.717, 1.165) is 32.5 Å². The number of carbonyl (C=O) groups is 1. The Morgan fingerprint density at radius 2 is 2.21 bits per heavy atom. The standard InChI is InChI=1S/C14H26N2O3/c1-13(2,3)19-12(17)16-8-5-6-14(16,4)11-10-15-7-9-18-11/h11,15H,5-10H2,1-4H3. The smallest absolute Gasteiger partial charge is 0.410 e. The second-order valence-corrected chi connectivity index (χ2v) is 6.66. The van der Waals surface area contributed by atoms with Crippen molar-refractivity contribution < 1.29 is 14.3 Å². The molecular formula is C14H26N2O3. The lowest BCUT2D eigenvalue weighted by molar-refractivity contribution is -0.0684. The van der Waals surface area contributed by atoms with Crippen LogP contribution in [0.5, 0.6) is 0 Å². The zero-order valence-corrected chi connectivity index (χ0v) is 12.5. The molecule has 0 saturated carbocycles. The summed E-state index contributed by atoms with van der Waals surface area (Å²) in [7, 11) is 0. The third-order valence-corrected chi connectivity index (χ3v) is 3.92. The first-order valence-electron chi connectivity index (χ1n) is 7.16. The van der Waals surface area contributed by atoms with E-state index in [1.165, 1.54) is 0 Å².